The summed E-state index contributed by atoms with van der Waals surface area (Å²) >= 11 is 7.33. The highest BCUT2D eigenvalue weighted by molar-refractivity contribution is 8.18. The average Bonchev–Trinajstić information content (AvgIpc) is 2.77. The summed E-state index contributed by atoms with van der Waals surface area (Å²) in [6.07, 6.45) is 1.88. The lowest BCUT2D eigenvalue weighted by Crippen LogP contribution is -2.23. The fourth-order valence-corrected chi connectivity index (χ4v) is 3.18. The molecule has 0 radical (unpaired) electrons. The molecule has 1 heterocycles. The lowest BCUT2D eigenvalue weighted by molar-refractivity contribution is -0.121. The number of likely N-dealkylation sites (N-methyl/N-ethyl adjacent to an activating group) is 1. The number of amidine groups is 1. The van der Waals surface area contributed by atoms with Crippen LogP contribution >= 0.6 is 23.4 Å². The largest absolute Gasteiger partial charge is 0.290 e. The van der Waals surface area contributed by atoms with Crippen molar-refractivity contribution < 1.29 is 4.79 Å². The van der Waals surface area contributed by atoms with Gasteiger partial charge in [0.25, 0.3) is 5.91 Å². The van der Waals surface area contributed by atoms with Crippen LogP contribution in [0.4, 0.5) is 5.69 Å². The molecule has 110 valence electrons. The second kappa shape index (κ2) is 6.38. The molecule has 0 bridgehead atoms. The van der Waals surface area contributed by atoms with Gasteiger partial charge in [-0.2, -0.15) is 0 Å². The van der Waals surface area contributed by atoms with E-state index in [2.05, 4.69) is 4.99 Å². The first-order valence-electron chi connectivity index (χ1n) is 6.70. The van der Waals surface area contributed by atoms with Gasteiger partial charge in [-0.05, 0) is 41.6 Å². The molecule has 3 nitrogen and oxygen atoms in total. The van der Waals surface area contributed by atoms with Crippen molar-refractivity contribution in [3.05, 3.63) is 70.1 Å². The summed E-state index contributed by atoms with van der Waals surface area (Å²) in [5.41, 5.74) is 1.73. The Morgan fingerprint density at radius 1 is 1.14 bits per heavy atom. The molecule has 1 aliphatic rings. The predicted octanol–water partition coefficient (Wildman–Crippen LogP) is 4.57. The van der Waals surface area contributed by atoms with E-state index in [-0.39, 0.29) is 5.91 Å². The standard InChI is InChI=1S/C17H13ClN2OS/c1-20-16(21)15(10-12-6-3-2-4-7-12)22-17(20)19-14-9-5-8-13(18)11-14/h2-11H,1H3/b15-10+,19-17?. The maximum atomic E-state index is 12.3. The third-order valence-electron chi connectivity index (χ3n) is 3.13. The van der Waals surface area contributed by atoms with Crippen LogP contribution in [0.5, 0.6) is 0 Å². The van der Waals surface area contributed by atoms with Crippen molar-refractivity contribution in [2.24, 2.45) is 4.99 Å². The number of carbonyl (C=O) groups excluding carboxylic acids is 1. The molecule has 3 rings (SSSR count). The number of carbonyl (C=O) groups is 1. The third-order valence-corrected chi connectivity index (χ3v) is 4.43. The molecule has 0 aromatic heterocycles. The quantitative estimate of drug-likeness (QED) is 0.756. The van der Waals surface area contributed by atoms with Gasteiger partial charge in [-0.1, -0.05) is 48.0 Å². The number of nitrogens with zero attached hydrogens (tertiary/aromatic N) is 2. The summed E-state index contributed by atoms with van der Waals surface area (Å²) in [6, 6.07) is 17.0. The Bertz CT molecular complexity index is 771. The summed E-state index contributed by atoms with van der Waals surface area (Å²) in [7, 11) is 1.73. The third kappa shape index (κ3) is 3.24. The van der Waals surface area contributed by atoms with Crippen LogP contribution in [0.3, 0.4) is 0 Å². The van der Waals surface area contributed by atoms with Crippen molar-refractivity contribution in [1.29, 1.82) is 0 Å². The van der Waals surface area contributed by atoms with E-state index in [1.54, 1.807) is 24.1 Å². The molecule has 0 unspecified atom stereocenters. The van der Waals surface area contributed by atoms with Crippen molar-refractivity contribution in [2.75, 3.05) is 7.05 Å². The summed E-state index contributed by atoms with van der Waals surface area (Å²) in [5.74, 6) is -0.0466. The van der Waals surface area contributed by atoms with Gasteiger partial charge in [0.2, 0.25) is 0 Å². The minimum Gasteiger partial charge on any atom is -0.290 e. The molecule has 1 fully saturated rings. The van der Waals surface area contributed by atoms with Crippen LogP contribution in [0.2, 0.25) is 5.02 Å². The van der Waals surface area contributed by atoms with Gasteiger partial charge in [0.05, 0.1) is 10.6 Å². The molecule has 22 heavy (non-hydrogen) atoms. The topological polar surface area (TPSA) is 32.7 Å². The van der Waals surface area contributed by atoms with E-state index in [1.165, 1.54) is 11.8 Å². The summed E-state index contributed by atoms with van der Waals surface area (Å²) < 4.78 is 0. The first kappa shape index (κ1) is 14.9. The number of hydrogen-bond donors (Lipinski definition) is 0. The van der Waals surface area contributed by atoms with Gasteiger partial charge in [-0.3, -0.25) is 9.69 Å². The monoisotopic (exact) mass is 328 g/mol. The molecule has 0 spiro atoms. The van der Waals surface area contributed by atoms with E-state index in [1.807, 2.05) is 48.5 Å². The van der Waals surface area contributed by atoms with Gasteiger partial charge in [0.15, 0.2) is 5.17 Å². The fraction of sp³-hybridized carbons (Fsp3) is 0.0588. The lowest BCUT2D eigenvalue weighted by atomic mass is 10.2. The molecule has 0 saturated carbocycles. The first-order valence-corrected chi connectivity index (χ1v) is 7.90. The molecule has 2 aromatic carbocycles. The molecular weight excluding hydrogens is 316 g/mol. The molecule has 0 aliphatic carbocycles. The van der Waals surface area contributed by atoms with Crippen LogP contribution in [0.15, 0.2) is 64.5 Å². The van der Waals surface area contributed by atoms with Gasteiger partial charge in [0, 0.05) is 12.1 Å². The Labute approximate surface area is 138 Å². The number of amides is 1. The molecule has 2 aromatic rings. The molecule has 0 N–H and O–H groups in total. The zero-order valence-corrected chi connectivity index (χ0v) is 13.4. The Hall–Kier alpha value is -2.04. The number of halogens is 1. The van der Waals surface area contributed by atoms with Crippen LogP contribution in [0.1, 0.15) is 5.56 Å². The molecule has 1 amide bonds. The number of hydrogen-bond acceptors (Lipinski definition) is 3. The van der Waals surface area contributed by atoms with Crippen molar-refractivity contribution in [2.45, 2.75) is 0 Å². The summed E-state index contributed by atoms with van der Waals surface area (Å²) in [6.45, 7) is 0. The minimum absolute atomic E-state index is 0.0466. The number of thioether (sulfide) groups is 1. The van der Waals surface area contributed by atoms with Gasteiger partial charge in [-0.15, -0.1) is 0 Å². The Kier molecular flexibility index (Phi) is 4.32. The van der Waals surface area contributed by atoms with Crippen LogP contribution in [0, 0.1) is 0 Å². The van der Waals surface area contributed by atoms with Gasteiger partial charge in [0.1, 0.15) is 0 Å². The first-order chi connectivity index (χ1) is 10.6. The van der Waals surface area contributed by atoms with Crippen LogP contribution in [0.25, 0.3) is 6.08 Å². The highest BCUT2D eigenvalue weighted by Crippen LogP contribution is 2.33. The van der Waals surface area contributed by atoms with E-state index in [4.69, 9.17) is 11.6 Å². The normalized spacial score (nSPS) is 18.5. The molecule has 1 aliphatic heterocycles. The van der Waals surface area contributed by atoms with Gasteiger partial charge >= 0.3 is 0 Å². The van der Waals surface area contributed by atoms with Gasteiger partial charge < -0.3 is 0 Å². The van der Waals surface area contributed by atoms with E-state index in [9.17, 15) is 4.79 Å². The highest BCUT2D eigenvalue weighted by Gasteiger charge is 2.30. The van der Waals surface area contributed by atoms with E-state index >= 15 is 0 Å². The second-order valence-electron chi connectivity index (χ2n) is 4.76. The fourth-order valence-electron chi connectivity index (χ4n) is 2.01. The number of rotatable bonds is 2. The number of benzene rings is 2. The van der Waals surface area contributed by atoms with Crippen LogP contribution in [-0.2, 0) is 4.79 Å². The summed E-state index contributed by atoms with van der Waals surface area (Å²) in [4.78, 5) is 19.0. The Balaban J connectivity index is 1.90. The zero-order chi connectivity index (χ0) is 15.5. The lowest BCUT2D eigenvalue weighted by Gasteiger charge is -2.07. The molecular formula is C17H13ClN2OS. The Morgan fingerprint density at radius 2 is 1.91 bits per heavy atom. The maximum absolute atomic E-state index is 12.3. The van der Waals surface area contributed by atoms with E-state index in [0.29, 0.717) is 15.1 Å². The second-order valence-corrected chi connectivity index (χ2v) is 6.21. The molecule has 5 heteroatoms. The minimum atomic E-state index is -0.0466. The van der Waals surface area contributed by atoms with Crippen LogP contribution in [-0.4, -0.2) is 23.0 Å². The smallest absolute Gasteiger partial charge is 0.266 e. The van der Waals surface area contributed by atoms with E-state index < -0.39 is 0 Å². The van der Waals surface area contributed by atoms with Crippen molar-refractivity contribution in [1.82, 2.24) is 4.90 Å². The number of aliphatic imine (C=N–C) groups is 1. The van der Waals surface area contributed by atoms with Crippen molar-refractivity contribution >= 4 is 46.2 Å². The molecule has 0 atom stereocenters. The average molecular weight is 329 g/mol. The Morgan fingerprint density at radius 3 is 2.64 bits per heavy atom. The van der Waals surface area contributed by atoms with Gasteiger partial charge in [-0.25, -0.2) is 4.99 Å². The maximum Gasteiger partial charge on any atom is 0.266 e. The summed E-state index contributed by atoms with van der Waals surface area (Å²) in [5, 5.41) is 1.27. The highest BCUT2D eigenvalue weighted by atomic mass is 35.5. The zero-order valence-electron chi connectivity index (χ0n) is 11.9. The van der Waals surface area contributed by atoms with Crippen molar-refractivity contribution in [3.8, 4) is 0 Å². The SMILES string of the molecule is CN1C(=O)/C(=C\c2ccccc2)SC1=Nc1cccc(Cl)c1. The van der Waals surface area contributed by atoms with E-state index in [0.717, 1.165) is 11.3 Å². The molecule has 1 saturated heterocycles. The predicted molar refractivity (Wildman–Crippen MR) is 93.3 cm³/mol. The van der Waals surface area contributed by atoms with Crippen molar-refractivity contribution in [3.63, 3.8) is 0 Å². The van der Waals surface area contributed by atoms with Crippen LogP contribution < -0.4 is 0 Å².